The van der Waals surface area contributed by atoms with E-state index in [0.29, 0.717) is 17.5 Å². The Bertz CT molecular complexity index is 1070. The monoisotopic (exact) mass is 424 g/mol. The smallest absolute Gasteiger partial charge is 0.174 e. The van der Waals surface area contributed by atoms with Crippen LogP contribution in [0.5, 0.6) is 28.7 Å². The van der Waals surface area contributed by atoms with Crippen LogP contribution in [0.3, 0.4) is 0 Å². The molecule has 0 saturated heterocycles. The molecule has 1 atom stereocenters. The Balaban J connectivity index is 2.19. The van der Waals surface area contributed by atoms with E-state index in [1.165, 1.54) is 18.2 Å². The van der Waals surface area contributed by atoms with E-state index in [1.807, 2.05) is 39.8 Å². The molecule has 4 N–H and O–H groups in total. The van der Waals surface area contributed by atoms with Crippen molar-refractivity contribution in [1.29, 1.82) is 0 Å². The van der Waals surface area contributed by atoms with Crippen molar-refractivity contribution in [2.45, 2.75) is 46.6 Å². The van der Waals surface area contributed by atoms with E-state index >= 15 is 0 Å². The van der Waals surface area contributed by atoms with Gasteiger partial charge in [-0.15, -0.1) is 0 Å². The van der Waals surface area contributed by atoms with Gasteiger partial charge in [-0.05, 0) is 38.3 Å². The van der Waals surface area contributed by atoms with E-state index in [2.05, 4.69) is 0 Å². The molecule has 0 radical (unpaired) electrons. The number of allylic oxidation sites excluding steroid dienone is 3. The normalized spacial score (nSPS) is 15.8. The summed E-state index contributed by atoms with van der Waals surface area (Å²) in [7, 11) is 0. The summed E-state index contributed by atoms with van der Waals surface area (Å²) in [6, 6.07) is 4.07. The maximum Gasteiger partial charge on any atom is 0.174 e. The number of rotatable bonds is 5. The third kappa shape index (κ3) is 4.53. The molecule has 0 spiro atoms. The van der Waals surface area contributed by atoms with Crippen molar-refractivity contribution in [3.05, 3.63) is 58.2 Å². The first kappa shape index (κ1) is 22.3. The maximum absolute atomic E-state index is 13.1. The molecule has 164 valence electrons. The van der Waals surface area contributed by atoms with Crippen LogP contribution in [-0.4, -0.2) is 26.2 Å². The molecule has 2 aromatic carbocycles. The van der Waals surface area contributed by atoms with Crippen molar-refractivity contribution in [2.75, 3.05) is 0 Å². The van der Waals surface area contributed by atoms with Gasteiger partial charge in [-0.3, -0.25) is 4.79 Å². The molecular formula is C25H28O6. The molecule has 0 amide bonds. The predicted octanol–water partition coefficient (Wildman–Crippen LogP) is 5.39. The van der Waals surface area contributed by atoms with Gasteiger partial charge in [0.05, 0.1) is 12.0 Å². The fraction of sp³-hybridized carbons (Fsp3) is 0.320. The number of phenols is 4. The van der Waals surface area contributed by atoms with Gasteiger partial charge in [0.2, 0.25) is 0 Å². The Kier molecular flexibility index (Phi) is 6.29. The second kappa shape index (κ2) is 8.76. The zero-order valence-electron chi connectivity index (χ0n) is 18.1. The van der Waals surface area contributed by atoms with Crippen molar-refractivity contribution >= 4 is 11.9 Å². The number of carbonyl (C=O) groups is 1. The van der Waals surface area contributed by atoms with Crippen LogP contribution in [-0.2, 0) is 6.42 Å². The minimum Gasteiger partial charge on any atom is -0.508 e. The highest BCUT2D eigenvalue weighted by atomic mass is 16.5. The lowest BCUT2D eigenvalue weighted by Crippen LogP contribution is -2.22. The van der Waals surface area contributed by atoms with E-state index in [9.17, 15) is 25.2 Å². The Morgan fingerprint density at radius 1 is 1.16 bits per heavy atom. The fourth-order valence-electron chi connectivity index (χ4n) is 3.54. The van der Waals surface area contributed by atoms with Crippen LogP contribution in [0.25, 0.3) is 6.08 Å². The van der Waals surface area contributed by atoms with E-state index in [1.54, 1.807) is 6.08 Å². The molecule has 31 heavy (non-hydrogen) atoms. The van der Waals surface area contributed by atoms with Crippen LogP contribution in [0, 0.1) is 5.92 Å². The molecule has 2 aromatic rings. The topological polar surface area (TPSA) is 107 Å². The van der Waals surface area contributed by atoms with Crippen LogP contribution >= 0.6 is 0 Å². The lowest BCUT2D eigenvalue weighted by molar-refractivity contribution is 0.0839. The largest absolute Gasteiger partial charge is 0.508 e. The third-order valence-corrected chi connectivity index (χ3v) is 5.17. The maximum atomic E-state index is 13.1. The summed E-state index contributed by atoms with van der Waals surface area (Å²) < 4.78 is 6.08. The Morgan fingerprint density at radius 3 is 2.48 bits per heavy atom. The van der Waals surface area contributed by atoms with E-state index in [4.69, 9.17) is 4.74 Å². The number of fused-ring (bicyclic) bond motifs is 1. The summed E-state index contributed by atoms with van der Waals surface area (Å²) >= 11 is 0. The zero-order chi connectivity index (χ0) is 22.9. The second-order valence-electron chi connectivity index (χ2n) is 8.36. The third-order valence-electron chi connectivity index (χ3n) is 5.17. The van der Waals surface area contributed by atoms with Gasteiger partial charge in [0.25, 0.3) is 0 Å². The van der Waals surface area contributed by atoms with Gasteiger partial charge < -0.3 is 25.2 Å². The van der Waals surface area contributed by atoms with Crippen LogP contribution in [0.2, 0.25) is 0 Å². The number of Topliss-reactive ketones (excluding diaryl/α,β-unsaturated/α-hetero) is 1. The summed E-state index contributed by atoms with van der Waals surface area (Å²) in [5.41, 5.74) is 1.98. The average molecular weight is 424 g/mol. The Hall–Kier alpha value is -3.41. The summed E-state index contributed by atoms with van der Waals surface area (Å²) in [5.74, 6) is -0.818. The van der Waals surface area contributed by atoms with Crippen molar-refractivity contribution in [1.82, 2.24) is 0 Å². The molecule has 0 fully saturated rings. The lowest BCUT2D eigenvalue weighted by Gasteiger charge is -2.29. The first-order valence-electron chi connectivity index (χ1n) is 10.2. The predicted molar refractivity (Wildman–Crippen MR) is 119 cm³/mol. The van der Waals surface area contributed by atoms with Crippen LogP contribution in [0.15, 0.2) is 35.9 Å². The molecule has 0 bridgehead atoms. The van der Waals surface area contributed by atoms with Crippen molar-refractivity contribution in [2.24, 2.45) is 5.92 Å². The zero-order valence-corrected chi connectivity index (χ0v) is 18.1. The lowest BCUT2D eigenvalue weighted by atomic mass is 9.89. The van der Waals surface area contributed by atoms with Crippen LogP contribution in [0.4, 0.5) is 0 Å². The van der Waals surface area contributed by atoms with Gasteiger partial charge in [0.1, 0.15) is 40.4 Å². The summed E-state index contributed by atoms with van der Waals surface area (Å²) in [6.45, 7) is 7.78. The van der Waals surface area contributed by atoms with E-state index in [0.717, 1.165) is 5.57 Å². The highest BCUT2D eigenvalue weighted by molar-refractivity contribution is 6.04. The molecule has 6 nitrogen and oxygen atoms in total. The van der Waals surface area contributed by atoms with Gasteiger partial charge in [0.15, 0.2) is 5.78 Å². The molecule has 3 rings (SSSR count). The highest BCUT2D eigenvalue weighted by Crippen LogP contribution is 2.49. The Morgan fingerprint density at radius 2 is 1.87 bits per heavy atom. The molecule has 0 aromatic heterocycles. The number of ether oxygens (including phenoxy) is 1. The SMILES string of the molecule is CC(C)=CCc1c(O)c(C=CC(C)C)c(O)c2c1OC(c1ccc(O)cc1O)CC2=O. The first-order chi connectivity index (χ1) is 14.6. The molecule has 0 saturated carbocycles. The number of benzene rings is 2. The average Bonchev–Trinajstić information content (AvgIpc) is 2.66. The molecular weight excluding hydrogens is 396 g/mol. The van der Waals surface area contributed by atoms with E-state index in [-0.39, 0.29) is 58.0 Å². The summed E-state index contributed by atoms with van der Waals surface area (Å²) in [4.78, 5) is 13.1. The number of hydrogen-bond donors (Lipinski definition) is 4. The molecule has 1 aliphatic rings. The van der Waals surface area contributed by atoms with Gasteiger partial charge in [-0.2, -0.15) is 0 Å². The van der Waals surface area contributed by atoms with Crippen molar-refractivity contribution in [3.8, 4) is 28.7 Å². The quantitative estimate of drug-likeness (QED) is 0.479. The number of ketones is 1. The van der Waals surface area contributed by atoms with Gasteiger partial charge in [-0.1, -0.05) is 37.6 Å². The second-order valence-corrected chi connectivity index (χ2v) is 8.36. The minimum atomic E-state index is -0.818. The van der Waals surface area contributed by atoms with Gasteiger partial charge >= 0.3 is 0 Å². The summed E-state index contributed by atoms with van der Waals surface area (Å²) in [5, 5.41) is 41.6. The molecule has 1 heterocycles. The van der Waals surface area contributed by atoms with Crippen molar-refractivity contribution < 1.29 is 30.0 Å². The standard InChI is InChI=1S/C25H28O6/c1-13(2)5-8-17-23(29)18(9-6-14(3)4)25-22(24(17)30)20(28)12-21(31-25)16-10-7-15(26)11-19(16)27/h5-8,10-11,13,21,26-27,29-30H,9,12H2,1-4H3. The molecule has 6 heteroatoms. The molecule has 1 aliphatic heterocycles. The minimum absolute atomic E-state index is 0.0351. The number of aromatic hydroxyl groups is 4. The highest BCUT2D eigenvalue weighted by Gasteiger charge is 2.36. The number of phenolic OH excluding ortho intramolecular Hbond substituents is 4. The van der Waals surface area contributed by atoms with Crippen molar-refractivity contribution in [3.63, 3.8) is 0 Å². The molecule has 1 unspecified atom stereocenters. The Labute approximate surface area is 181 Å². The fourth-order valence-corrected chi connectivity index (χ4v) is 3.54. The van der Waals surface area contributed by atoms with Crippen LogP contribution < -0.4 is 4.74 Å². The van der Waals surface area contributed by atoms with Crippen LogP contribution in [0.1, 0.15) is 67.3 Å². The molecule has 0 aliphatic carbocycles. The number of hydrogen-bond acceptors (Lipinski definition) is 6. The summed E-state index contributed by atoms with van der Waals surface area (Å²) in [6.07, 6.45) is 4.74. The van der Waals surface area contributed by atoms with Gasteiger partial charge in [-0.25, -0.2) is 0 Å². The van der Waals surface area contributed by atoms with E-state index < -0.39 is 6.10 Å². The van der Waals surface area contributed by atoms with Gasteiger partial charge in [0, 0.05) is 17.2 Å². The number of carbonyl (C=O) groups excluding carboxylic acids is 1. The first-order valence-corrected chi connectivity index (χ1v) is 10.2.